The summed E-state index contributed by atoms with van der Waals surface area (Å²) in [5.41, 5.74) is 6.33. The van der Waals surface area contributed by atoms with E-state index in [2.05, 4.69) is 5.32 Å². The van der Waals surface area contributed by atoms with Crippen LogP contribution in [-0.2, 0) is 0 Å². The van der Waals surface area contributed by atoms with E-state index in [0.717, 1.165) is 25.7 Å². The molecule has 0 aromatic heterocycles. The van der Waals surface area contributed by atoms with Gasteiger partial charge in [0.1, 0.15) is 0 Å². The second kappa shape index (κ2) is 7.34. The summed E-state index contributed by atoms with van der Waals surface area (Å²) in [6, 6.07) is 5.34. The molecule has 1 saturated carbocycles. The summed E-state index contributed by atoms with van der Waals surface area (Å²) < 4.78 is 0. The lowest BCUT2D eigenvalue weighted by Crippen LogP contribution is -2.40. The minimum absolute atomic E-state index is 0. The Bertz CT molecular complexity index is 425. The lowest BCUT2D eigenvalue weighted by molar-refractivity contribution is 0.0926. The van der Waals surface area contributed by atoms with E-state index in [-0.39, 0.29) is 30.4 Å². The maximum atomic E-state index is 12.0. The number of benzene rings is 1. The minimum Gasteiger partial charge on any atom is -0.349 e. The topological polar surface area (TPSA) is 55.1 Å². The summed E-state index contributed by atoms with van der Waals surface area (Å²) in [6.07, 6.45) is 3.78. The fraction of sp³-hybridized carbons (Fsp3) is 0.462. The van der Waals surface area contributed by atoms with Crippen molar-refractivity contribution in [2.75, 3.05) is 0 Å². The number of halogens is 3. The van der Waals surface area contributed by atoms with Crippen molar-refractivity contribution in [2.24, 2.45) is 5.73 Å². The minimum atomic E-state index is -0.125. The van der Waals surface area contributed by atoms with Gasteiger partial charge in [0.15, 0.2) is 0 Å². The molecule has 1 fully saturated rings. The van der Waals surface area contributed by atoms with Crippen molar-refractivity contribution in [3.05, 3.63) is 33.8 Å². The number of rotatable bonds is 2. The number of nitrogens with one attached hydrogen (secondary N) is 1. The van der Waals surface area contributed by atoms with E-state index in [1.807, 2.05) is 0 Å². The van der Waals surface area contributed by atoms with E-state index in [0.29, 0.717) is 15.6 Å². The van der Waals surface area contributed by atoms with Crippen molar-refractivity contribution in [3.8, 4) is 0 Å². The second-order valence-corrected chi connectivity index (χ2v) is 5.62. The lowest BCUT2D eigenvalue weighted by atomic mass is 9.91. The fourth-order valence-electron chi connectivity index (χ4n) is 2.22. The maximum absolute atomic E-state index is 12.0. The maximum Gasteiger partial charge on any atom is 0.251 e. The molecule has 2 rings (SSSR count). The molecular formula is C13H17Cl3N2O. The summed E-state index contributed by atoms with van der Waals surface area (Å²) in [7, 11) is 0. The van der Waals surface area contributed by atoms with Gasteiger partial charge < -0.3 is 11.1 Å². The smallest absolute Gasteiger partial charge is 0.251 e. The van der Waals surface area contributed by atoms with Gasteiger partial charge in [0.25, 0.3) is 5.91 Å². The predicted octanol–water partition coefficient (Wildman–Crippen LogP) is 3.41. The van der Waals surface area contributed by atoms with Gasteiger partial charge in [-0.05, 0) is 43.9 Å². The number of hydrogen-bond acceptors (Lipinski definition) is 2. The Morgan fingerprint density at radius 2 is 1.63 bits per heavy atom. The molecule has 0 radical (unpaired) electrons. The Kier molecular flexibility index (Phi) is 6.40. The van der Waals surface area contributed by atoms with Gasteiger partial charge in [0.2, 0.25) is 0 Å². The zero-order chi connectivity index (χ0) is 13.1. The van der Waals surface area contributed by atoms with Crippen LogP contribution in [0.2, 0.25) is 10.0 Å². The lowest BCUT2D eigenvalue weighted by Gasteiger charge is -2.26. The molecule has 0 aliphatic heterocycles. The molecule has 0 bridgehead atoms. The van der Waals surface area contributed by atoms with Crippen molar-refractivity contribution in [3.63, 3.8) is 0 Å². The van der Waals surface area contributed by atoms with Crippen molar-refractivity contribution < 1.29 is 4.79 Å². The van der Waals surface area contributed by atoms with E-state index >= 15 is 0 Å². The third-order valence-corrected chi connectivity index (χ3v) is 3.67. The van der Waals surface area contributed by atoms with Gasteiger partial charge in [-0.1, -0.05) is 23.2 Å². The molecule has 1 aliphatic carbocycles. The number of nitrogens with two attached hydrogens (primary N) is 1. The van der Waals surface area contributed by atoms with Gasteiger partial charge in [-0.25, -0.2) is 0 Å². The first-order chi connectivity index (χ1) is 8.54. The van der Waals surface area contributed by atoms with Crippen LogP contribution in [0.25, 0.3) is 0 Å². The average Bonchev–Trinajstić information content (AvgIpc) is 2.31. The summed E-state index contributed by atoms with van der Waals surface area (Å²) >= 11 is 11.8. The van der Waals surface area contributed by atoms with Crippen LogP contribution < -0.4 is 11.1 Å². The van der Waals surface area contributed by atoms with Crippen molar-refractivity contribution in [1.82, 2.24) is 5.32 Å². The Balaban J connectivity index is 0.00000180. The number of hydrogen-bond donors (Lipinski definition) is 2. The van der Waals surface area contributed by atoms with Crippen LogP contribution in [0.1, 0.15) is 36.0 Å². The fourth-order valence-corrected chi connectivity index (χ4v) is 2.74. The van der Waals surface area contributed by atoms with Crippen molar-refractivity contribution in [2.45, 2.75) is 37.8 Å². The predicted molar refractivity (Wildman–Crippen MR) is 81.4 cm³/mol. The van der Waals surface area contributed by atoms with Crippen LogP contribution in [0.5, 0.6) is 0 Å². The molecule has 0 saturated heterocycles. The number of amides is 1. The molecule has 0 atom stereocenters. The zero-order valence-electron chi connectivity index (χ0n) is 10.4. The second-order valence-electron chi connectivity index (χ2n) is 4.74. The Labute approximate surface area is 129 Å². The molecule has 3 N–H and O–H groups in total. The Hall–Kier alpha value is -0.480. The summed E-state index contributed by atoms with van der Waals surface area (Å²) in [6.45, 7) is 0. The van der Waals surface area contributed by atoms with Crippen LogP contribution in [0.4, 0.5) is 0 Å². The van der Waals surface area contributed by atoms with Crippen LogP contribution in [0.15, 0.2) is 18.2 Å². The van der Waals surface area contributed by atoms with E-state index < -0.39 is 0 Å². The molecule has 0 heterocycles. The zero-order valence-corrected chi connectivity index (χ0v) is 12.7. The summed E-state index contributed by atoms with van der Waals surface area (Å²) in [4.78, 5) is 12.0. The molecule has 6 heteroatoms. The standard InChI is InChI=1S/C13H16Cl2N2O.ClH/c14-9-5-8(6-10(15)7-9)13(18)17-12-3-1-11(16)2-4-12;/h5-7,11-12H,1-4,16H2,(H,17,18);1H. The summed E-state index contributed by atoms with van der Waals surface area (Å²) in [5, 5.41) is 3.94. The molecule has 1 amide bonds. The highest BCUT2D eigenvalue weighted by Gasteiger charge is 2.20. The molecule has 1 aromatic carbocycles. The molecule has 0 unspecified atom stereocenters. The van der Waals surface area contributed by atoms with E-state index in [4.69, 9.17) is 28.9 Å². The highest BCUT2D eigenvalue weighted by Crippen LogP contribution is 2.21. The summed E-state index contributed by atoms with van der Waals surface area (Å²) in [5.74, 6) is -0.125. The van der Waals surface area contributed by atoms with E-state index in [9.17, 15) is 4.79 Å². The van der Waals surface area contributed by atoms with Crippen LogP contribution in [-0.4, -0.2) is 18.0 Å². The highest BCUT2D eigenvalue weighted by atomic mass is 35.5. The molecule has 3 nitrogen and oxygen atoms in total. The van der Waals surface area contributed by atoms with E-state index in [1.54, 1.807) is 18.2 Å². The van der Waals surface area contributed by atoms with Gasteiger partial charge in [0.05, 0.1) is 0 Å². The first kappa shape index (κ1) is 16.6. The average molecular weight is 324 g/mol. The Morgan fingerprint density at radius 1 is 1.11 bits per heavy atom. The first-order valence-electron chi connectivity index (χ1n) is 6.07. The quantitative estimate of drug-likeness (QED) is 0.876. The molecule has 106 valence electrons. The number of carbonyl (C=O) groups excluding carboxylic acids is 1. The first-order valence-corrected chi connectivity index (χ1v) is 6.83. The van der Waals surface area contributed by atoms with Gasteiger partial charge in [-0.2, -0.15) is 0 Å². The highest BCUT2D eigenvalue weighted by molar-refractivity contribution is 6.35. The van der Waals surface area contributed by atoms with Gasteiger partial charge in [-0.3, -0.25) is 4.79 Å². The van der Waals surface area contributed by atoms with Crippen LogP contribution in [0, 0.1) is 0 Å². The third-order valence-electron chi connectivity index (χ3n) is 3.23. The molecular weight excluding hydrogens is 307 g/mol. The molecule has 19 heavy (non-hydrogen) atoms. The van der Waals surface area contributed by atoms with Gasteiger partial charge >= 0.3 is 0 Å². The molecule has 1 aromatic rings. The van der Waals surface area contributed by atoms with Crippen LogP contribution in [0.3, 0.4) is 0 Å². The largest absolute Gasteiger partial charge is 0.349 e. The van der Waals surface area contributed by atoms with Gasteiger partial charge in [0, 0.05) is 27.7 Å². The Morgan fingerprint density at radius 3 is 2.16 bits per heavy atom. The van der Waals surface area contributed by atoms with Crippen LogP contribution >= 0.6 is 35.6 Å². The van der Waals surface area contributed by atoms with Gasteiger partial charge in [-0.15, -0.1) is 12.4 Å². The number of carbonyl (C=O) groups is 1. The molecule has 1 aliphatic rings. The van der Waals surface area contributed by atoms with Crippen molar-refractivity contribution in [1.29, 1.82) is 0 Å². The third kappa shape index (κ3) is 4.84. The SMILES string of the molecule is Cl.NC1CCC(NC(=O)c2cc(Cl)cc(Cl)c2)CC1. The normalized spacial score (nSPS) is 22.5. The molecule has 0 spiro atoms. The monoisotopic (exact) mass is 322 g/mol. The van der Waals surface area contributed by atoms with Crippen molar-refractivity contribution >= 4 is 41.5 Å². The van der Waals surface area contributed by atoms with E-state index in [1.165, 1.54) is 0 Å².